The second-order valence-electron chi connectivity index (χ2n) is 7.58. The number of hydrogen-bond donors (Lipinski definition) is 3. The van der Waals surface area contributed by atoms with Gasteiger partial charge in [-0.3, -0.25) is 0 Å². The number of nitrogens with two attached hydrogens (primary N) is 2. The van der Waals surface area contributed by atoms with Gasteiger partial charge < -0.3 is 16.8 Å². The second kappa shape index (κ2) is 9.70. The van der Waals surface area contributed by atoms with E-state index >= 15 is 0 Å². The molecule has 4 rings (SSSR count). The van der Waals surface area contributed by atoms with E-state index in [9.17, 15) is 0 Å². The zero-order chi connectivity index (χ0) is 19.1. The smallest absolute Gasteiger partial charge is 0.222 e. The molecule has 27 heavy (non-hydrogen) atoms. The third-order valence-electron chi connectivity index (χ3n) is 5.50. The monoisotopic (exact) mass is 367 g/mol. The van der Waals surface area contributed by atoms with Crippen LogP contribution in [0, 0.1) is 0 Å². The maximum atomic E-state index is 5.89. The summed E-state index contributed by atoms with van der Waals surface area (Å²) in [7, 11) is 0. The van der Waals surface area contributed by atoms with Crippen molar-refractivity contribution in [1.29, 1.82) is 0 Å². The molecule has 0 amide bonds. The van der Waals surface area contributed by atoms with Crippen LogP contribution in [0.4, 0.5) is 11.8 Å². The highest BCUT2D eigenvalue weighted by Crippen LogP contribution is 2.38. The van der Waals surface area contributed by atoms with Crippen LogP contribution >= 0.6 is 0 Å². The summed E-state index contributed by atoms with van der Waals surface area (Å²) in [6, 6.07) is 11.1. The highest BCUT2D eigenvalue weighted by molar-refractivity contribution is 5.53. The van der Waals surface area contributed by atoms with E-state index < -0.39 is 0 Å². The van der Waals surface area contributed by atoms with Crippen molar-refractivity contribution in [3.63, 3.8) is 0 Å². The number of hydrogen-bond acceptors (Lipinski definition) is 5. The Morgan fingerprint density at radius 3 is 2.37 bits per heavy atom. The largest absolute Gasteiger partial charge is 0.370 e. The van der Waals surface area contributed by atoms with Gasteiger partial charge in [0, 0.05) is 24.1 Å². The SMILES string of the molecule is CCNc1nc(N)nc2c1CCCC2c1ccccc1.NC1CCCCC1. The molecule has 0 spiro atoms. The Morgan fingerprint density at radius 1 is 1.00 bits per heavy atom. The molecule has 1 aromatic heterocycles. The van der Waals surface area contributed by atoms with Crippen LogP contribution in [0.2, 0.25) is 0 Å². The topological polar surface area (TPSA) is 89.8 Å². The standard InChI is InChI=1S/C16H20N4.C6H13N/c1-2-18-15-13-10-6-9-12(11-7-4-3-5-8-11)14(13)19-16(17)20-15;7-6-4-2-1-3-5-6/h3-5,7-8,12H,2,6,9-10H2,1H3,(H3,17,18,19,20);6H,1-5,7H2. The first-order chi connectivity index (χ1) is 13.2. The lowest BCUT2D eigenvalue weighted by Gasteiger charge is -2.26. The quantitative estimate of drug-likeness (QED) is 0.755. The summed E-state index contributed by atoms with van der Waals surface area (Å²) in [5.74, 6) is 1.61. The average molecular weight is 368 g/mol. The van der Waals surface area contributed by atoms with Gasteiger partial charge in [0.05, 0.1) is 5.69 Å². The predicted octanol–water partition coefficient (Wildman–Crippen LogP) is 4.24. The molecule has 5 nitrogen and oxygen atoms in total. The fraction of sp³-hybridized carbons (Fsp3) is 0.545. The van der Waals surface area contributed by atoms with Gasteiger partial charge in [0.2, 0.25) is 5.95 Å². The fourth-order valence-corrected chi connectivity index (χ4v) is 4.13. The number of fused-ring (bicyclic) bond motifs is 1. The molecule has 0 bridgehead atoms. The summed E-state index contributed by atoms with van der Waals surface area (Å²) in [5.41, 5.74) is 15.2. The van der Waals surface area contributed by atoms with E-state index in [2.05, 4.69) is 46.5 Å². The molecular formula is C22H33N5. The van der Waals surface area contributed by atoms with Crippen molar-refractivity contribution in [2.24, 2.45) is 5.73 Å². The van der Waals surface area contributed by atoms with Gasteiger partial charge in [-0.15, -0.1) is 0 Å². The lowest BCUT2D eigenvalue weighted by Crippen LogP contribution is -2.22. The van der Waals surface area contributed by atoms with E-state index in [-0.39, 0.29) is 0 Å². The minimum Gasteiger partial charge on any atom is -0.370 e. The van der Waals surface area contributed by atoms with Crippen molar-refractivity contribution in [3.8, 4) is 0 Å². The zero-order valence-electron chi connectivity index (χ0n) is 16.5. The van der Waals surface area contributed by atoms with Crippen molar-refractivity contribution in [1.82, 2.24) is 9.97 Å². The molecule has 0 aliphatic heterocycles. The Bertz CT molecular complexity index is 710. The molecular weight excluding hydrogens is 334 g/mol. The van der Waals surface area contributed by atoms with E-state index in [4.69, 9.17) is 11.5 Å². The number of nitrogens with one attached hydrogen (secondary N) is 1. The van der Waals surface area contributed by atoms with Gasteiger partial charge in [0.1, 0.15) is 5.82 Å². The number of nitrogen functional groups attached to an aromatic ring is 1. The van der Waals surface area contributed by atoms with Crippen LogP contribution in [-0.4, -0.2) is 22.6 Å². The third-order valence-corrected chi connectivity index (χ3v) is 5.50. The summed E-state index contributed by atoms with van der Waals surface area (Å²) in [4.78, 5) is 8.90. The first-order valence-corrected chi connectivity index (χ1v) is 10.4. The first kappa shape index (κ1) is 19.6. The van der Waals surface area contributed by atoms with Gasteiger partial charge >= 0.3 is 0 Å². The van der Waals surface area contributed by atoms with E-state index in [0.717, 1.165) is 37.3 Å². The van der Waals surface area contributed by atoms with E-state index in [1.165, 1.54) is 43.2 Å². The van der Waals surface area contributed by atoms with Crippen molar-refractivity contribution in [2.45, 2.75) is 70.3 Å². The summed E-state index contributed by atoms with van der Waals surface area (Å²) in [6.45, 7) is 2.92. The van der Waals surface area contributed by atoms with E-state index in [0.29, 0.717) is 17.9 Å². The third kappa shape index (κ3) is 5.19. The van der Waals surface area contributed by atoms with Crippen LogP contribution in [0.15, 0.2) is 30.3 Å². The Balaban J connectivity index is 0.000000253. The van der Waals surface area contributed by atoms with Crippen LogP contribution in [0.3, 0.4) is 0 Å². The predicted molar refractivity (Wildman–Crippen MR) is 113 cm³/mol. The van der Waals surface area contributed by atoms with Crippen molar-refractivity contribution < 1.29 is 0 Å². The molecule has 5 heteroatoms. The number of benzene rings is 1. The second-order valence-corrected chi connectivity index (χ2v) is 7.58. The molecule has 1 atom stereocenters. The van der Waals surface area contributed by atoms with Gasteiger partial charge in [0.25, 0.3) is 0 Å². The molecule has 1 saturated carbocycles. The van der Waals surface area contributed by atoms with E-state index in [1.54, 1.807) is 0 Å². The van der Waals surface area contributed by atoms with Crippen LogP contribution in [0.25, 0.3) is 0 Å². The molecule has 5 N–H and O–H groups in total. The Labute approximate surface area is 163 Å². The van der Waals surface area contributed by atoms with Gasteiger partial charge in [-0.05, 0) is 44.6 Å². The van der Waals surface area contributed by atoms with Crippen molar-refractivity contribution in [2.75, 3.05) is 17.6 Å². The Kier molecular flexibility index (Phi) is 7.04. The number of aromatic nitrogens is 2. The highest BCUT2D eigenvalue weighted by Gasteiger charge is 2.26. The molecule has 2 aliphatic rings. The first-order valence-electron chi connectivity index (χ1n) is 10.4. The van der Waals surface area contributed by atoms with Crippen LogP contribution < -0.4 is 16.8 Å². The van der Waals surface area contributed by atoms with Crippen LogP contribution in [-0.2, 0) is 6.42 Å². The Hall–Kier alpha value is -2.14. The van der Waals surface area contributed by atoms with Crippen molar-refractivity contribution >= 4 is 11.8 Å². The average Bonchev–Trinajstić information content (AvgIpc) is 2.69. The maximum absolute atomic E-state index is 5.89. The fourth-order valence-electron chi connectivity index (χ4n) is 4.13. The molecule has 1 heterocycles. The highest BCUT2D eigenvalue weighted by atomic mass is 15.1. The summed E-state index contributed by atoms with van der Waals surface area (Å²) >= 11 is 0. The normalized spacial score (nSPS) is 19.6. The Morgan fingerprint density at radius 2 is 1.74 bits per heavy atom. The van der Waals surface area contributed by atoms with Crippen LogP contribution in [0.5, 0.6) is 0 Å². The van der Waals surface area contributed by atoms with Gasteiger partial charge in [0.15, 0.2) is 0 Å². The zero-order valence-corrected chi connectivity index (χ0v) is 16.5. The molecule has 0 saturated heterocycles. The maximum Gasteiger partial charge on any atom is 0.222 e. The summed E-state index contributed by atoms with van der Waals surface area (Å²) < 4.78 is 0. The molecule has 2 aromatic rings. The number of rotatable bonds is 3. The van der Waals surface area contributed by atoms with Gasteiger partial charge in [-0.2, -0.15) is 4.98 Å². The molecule has 0 radical (unpaired) electrons. The van der Waals surface area contributed by atoms with E-state index in [1.807, 2.05) is 6.07 Å². The number of anilines is 2. The van der Waals surface area contributed by atoms with Crippen LogP contribution in [0.1, 0.15) is 74.6 Å². The molecule has 146 valence electrons. The summed E-state index contributed by atoms with van der Waals surface area (Å²) in [5, 5.41) is 3.32. The van der Waals surface area contributed by atoms with Crippen molar-refractivity contribution in [3.05, 3.63) is 47.2 Å². The molecule has 1 aromatic carbocycles. The number of nitrogens with zero attached hydrogens (tertiary/aromatic N) is 2. The molecule has 2 aliphatic carbocycles. The summed E-state index contributed by atoms with van der Waals surface area (Å²) in [6.07, 6.45) is 9.98. The minimum atomic E-state index is 0.336. The van der Waals surface area contributed by atoms with Gasteiger partial charge in [-0.25, -0.2) is 4.98 Å². The lowest BCUT2D eigenvalue weighted by atomic mass is 9.82. The lowest BCUT2D eigenvalue weighted by molar-refractivity contribution is 0.441. The molecule has 1 unspecified atom stereocenters. The molecule has 1 fully saturated rings. The van der Waals surface area contributed by atoms with Gasteiger partial charge in [-0.1, -0.05) is 49.6 Å². The minimum absolute atomic E-state index is 0.336.